The Kier molecular flexibility index (Phi) is 7.36. The standard InChI is InChI=1S/C21H26N4O7S/c1-3-31-21(26)14-8-11-24(12-9-14)20-19(25(27)28)18(7-10-23-20)32-17-6-5-15(13-16(17)22)33(29,30)4-2/h5-7,10,13-14H,3-4,8-9,11-12,22H2,1-2H3. The fourth-order valence-corrected chi connectivity index (χ4v) is 4.51. The first kappa shape index (κ1) is 24.2. The van der Waals surface area contributed by atoms with Crippen LogP contribution in [0.15, 0.2) is 35.4 Å². The van der Waals surface area contributed by atoms with E-state index in [1.807, 2.05) is 0 Å². The normalized spacial score (nSPS) is 14.7. The smallest absolute Gasteiger partial charge is 0.353 e. The lowest BCUT2D eigenvalue weighted by atomic mass is 9.97. The molecule has 12 heteroatoms. The minimum atomic E-state index is -3.46. The van der Waals surface area contributed by atoms with Crippen molar-refractivity contribution >= 4 is 33.0 Å². The molecule has 33 heavy (non-hydrogen) atoms. The molecule has 1 aromatic carbocycles. The minimum Gasteiger partial charge on any atom is -0.466 e. The zero-order valence-corrected chi connectivity index (χ0v) is 19.2. The number of rotatable bonds is 8. The summed E-state index contributed by atoms with van der Waals surface area (Å²) < 4.78 is 34.9. The Labute approximate surface area is 191 Å². The van der Waals surface area contributed by atoms with Gasteiger partial charge in [-0.3, -0.25) is 14.9 Å². The highest BCUT2D eigenvalue weighted by Gasteiger charge is 2.32. The van der Waals surface area contributed by atoms with Crippen LogP contribution in [0.1, 0.15) is 26.7 Å². The molecule has 0 amide bonds. The van der Waals surface area contributed by atoms with Crippen molar-refractivity contribution in [2.45, 2.75) is 31.6 Å². The molecule has 1 aliphatic heterocycles. The van der Waals surface area contributed by atoms with Gasteiger partial charge in [0, 0.05) is 25.4 Å². The number of anilines is 2. The number of pyridine rings is 1. The summed E-state index contributed by atoms with van der Waals surface area (Å²) in [6, 6.07) is 5.33. The summed E-state index contributed by atoms with van der Waals surface area (Å²) in [5.41, 5.74) is 5.67. The maximum Gasteiger partial charge on any atom is 0.353 e. The Morgan fingerprint density at radius 3 is 2.52 bits per heavy atom. The minimum absolute atomic E-state index is 0.0347. The highest BCUT2D eigenvalue weighted by molar-refractivity contribution is 7.91. The second-order valence-electron chi connectivity index (χ2n) is 7.46. The first-order chi connectivity index (χ1) is 15.7. The van der Waals surface area contributed by atoms with Crippen molar-refractivity contribution in [3.8, 4) is 11.5 Å². The largest absolute Gasteiger partial charge is 0.466 e. The van der Waals surface area contributed by atoms with E-state index in [2.05, 4.69) is 4.98 Å². The van der Waals surface area contributed by atoms with Gasteiger partial charge in [0.15, 0.2) is 15.6 Å². The molecule has 178 valence electrons. The Morgan fingerprint density at radius 1 is 1.24 bits per heavy atom. The van der Waals surface area contributed by atoms with Gasteiger partial charge < -0.3 is 20.1 Å². The van der Waals surface area contributed by atoms with Crippen LogP contribution in [0.25, 0.3) is 0 Å². The number of nitrogen functional groups attached to an aromatic ring is 1. The van der Waals surface area contributed by atoms with Crippen LogP contribution >= 0.6 is 0 Å². The van der Waals surface area contributed by atoms with E-state index in [0.717, 1.165) is 0 Å². The number of ether oxygens (including phenoxy) is 2. The number of aromatic nitrogens is 1. The van der Waals surface area contributed by atoms with Gasteiger partial charge in [-0.25, -0.2) is 13.4 Å². The van der Waals surface area contributed by atoms with E-state index in [4.69, 9.17) is 15.2 Å². The average Bonchev–Trinajstić information content (AvgIpc) is 2.80. The number of piperidine rings is 1. The topological polar surface area (TPSA) is 155 Å². The van der Waals surface area contributed by atoms with E-state index in [-0.39, 0.29) is 51.2 Å². The van der Waals surface area contributed by atoms with Gasteiger partial charge in [0.2, 0.25) is 11.6 Å². The maximum absolute atomic E-state index is 12.1. The molecule has 2 heterocycles. The number of nitro groups is 1. The molecule has 1 fully saturated rings. The van der Waals surface area contributed by atoms with Crippen molar-refractivity contribution < 1.29 is 27.6 Å². The second-order valence-corrected chi connectivity index (χ2v) is 9.74. The Bertz CT molecular complexity index is 1150. The first-order valence-electron chi connectivity index (χ1n) is 10.5. The highest BCUT2D eigenvalue weighted by Crippen LogP contribution is 2.40. The van der Waals surface area contributed by atoms with Crippen molar-refractivity contribution in [1.29, 1.82) is 0 Å². The predicted octanol–water partition coefficient (Wildman–Crippen LogP) is 2.94. The zero-order chi connectivity index (χ0) is 24.2. The number of benzene rings is 1. The van der Waals surface area contributed by atoms with Crippen LogP contribution in [0.4, 0.5) is 17.2 Å². The molecule has 1 saturated heterocycles. The van der Waals surface area contributed by atoms with Gasteiger partial charge in [-0.15, -0.1) is 0 Å². The number of esters is 1. The van der Waals surface area contributed by atoms with E-state index in [1.165, 1.54) is 37.4 Å². The highest BCUT2D eigenvalue weighted by atomic mass is 32.2. The molecule has 0 saturated carbocycles. The molecule has 2 aromatic rings. The maximum atomic E-state index is 12.1. The first-order valence-corrected chi connectivity index (χ1v) is 12.2. The van der Waals surface area contributed by atoms with Crippen molar-refractivity contribution in [2.24, 2.45) is 5.92 Å². The SMILES string of the molecule is CCOC(=O)C1CCN(c2nccc(Oc3ccc(S(=O)(=O)CC)cc3N)c2[N+](=O)[O-])CC1. The van der Waals surface area contributed by atoms with Crippen LogP contribution < -0.4 is 15.4 Å². The molecular formula is C21H26N4O7S. The Balaban J connectivity index is 1.86. The summed E-state index contributed by atoms with van der Waals surface area (Å²) in [7, 11) is -3.46. The summed E-state index contributed by atoms with van der Waals surface area (Å²) in [4.78, 5) is 29.3. The quantitative estimate of drug-likeness (QED) is 0.259. The van der Waals surface area contributed by atoms with Crippen molar-refractivity contribution in [2.75, 3.05) is 36.1 Å². The monoisotopic (exact) mass is 478 g/mol. The van der Waals surface area contributed by atoms with Crippen LogP contribution in [0, 0.1) is 16.0 Å². The van der Waals surface area contributed by atoms with Gasteiger partial charge in [0.1, 0.15) is 0 Å². The van der Waals surface area contributed by atoms with Crippen LogP contribution in [-0.2, 0) is 19.4 Å². The molecule has 2 N–H and O–H groups in total. The van der Waals surface area contributed by atoms with Crippen LogP contribution in [0.5, 0.6) is 11.5 Å². The molecule has 0 bridgehead atoms. The number of hydrogen-bond donors (Lipinski definition) is 1. The molecule has 1 aliphatic rings. The van der Waals surface area contributed by atoms with Crippen molar-refractivity contribution in [1.82, 2.24) is 4.98 Å². The third-order valence-corrected chi connectivity index (χ3v) is 7.14. The summed E-state index contributed by atoms with van der Waals surface area (Å²) in [5.74, 6) is -0.457. The number of nitrogens with two attached hydrogens (primary N) is 1. The molecule has 11 nitrogen and oxygen atoms in total. The van der Waals surface area contributed by atoms with Gasteiger partial charge in [0.25, 0.3) is 0 Å². The molecule has 0 unspecified atom stereocenters. The van der Waals surface area contributed by atoms with Crippen LogP contribution in [-0.4, -0.2) is 49.7 Å². The number of carbonyl (C=O) groups excluding carboxylic acids is 1. The predicted molar refractivity (Wildman–Crippen MR) is 121 cm³/mol. The summed E-state index contributed by atoms with van der Waals surface area (Å²) in [6.07, 6.45) is 2.37. The van der Waals surface area contributed by atoms with Gasteiger partial charge in [0.05, 0.1) is 33.8 Å². The lowest BCUT2D eigenvalue weighted by Gasteiger charge is -2.31. The van der Waals surface area contributed by atoms with Crippen LogP contribution in [0.3, 0.4) is 0 Å². The van der Waals surface area contributed by atoms with Gasteiger partial charge in [-0.05, 0) is 38.0 Å². The van der Waals surface area contributed by atoms with Gasteiger partial charge in [-0.1, -0.05) is 6.92 Å². The summed E-state index contributed by atoms with van der Waals surface area (Å²) >= 11 is 0. The molecule has 3 rings (SSSR count). The van der Waals surface area contributed by atoms with E-state index in [1.54, 1.807) is 11.8 Å². The molecule has 0 atom stereocenters. The Morgan fingerprint density at radius 2 is 1.94 bits per heavy atom. The molecular weight excluding hydrogens is 452 g/mol. The third-order valence-electron chi connectivity index (χ3n) is 5.41. The number of nitrogens with zero attached hydrogens (tertiary/aromatic N) is 3. The van der Waals surface area contributed by atoms with Crippen molar-refractivity contribution in [3.05, 3.63) is 40.6 Å². The molecule has 0 aliphatic carbocycles. The second kappa shape index (κ2) is 10.0. The number of hydrogen-bond acceptors (Lipinski definition) is 10. The van der Waals surface area contributed by atoms with Gasteiger partial charge >= 0.3 is 11.7 Å². The Hall–Kier alpha value is -3.41. The fraction of sp³-hybridized carbons (Fsp3) is 0.429. The lowest BCUT2D eigenvalue weighted by Crippen LogP contribution is -2.37. The molecule has 0 radical (unpaired) electrons. The molecule has 0 spiro atoms. The number of carbonyl (C=O) groups is 1. The number of sulfone groups is 1. The van der Waals surface area contributed by atoms with E-state index >= 15 is 0 Å². The summed E-state index contributed by atoms with van der Waals surface area (Å²) in [5, 5.41) is 11.9. The lowest BCUT2D eigenvalue weighted by molar-refractivity contribution is -0.385. The zero-order valence-electron chi connectivity index (χ0n) is 18.4. The summed E-state index contributed by atoms with van der Waals surface area (Å²) in [6.45, 7) is 4.36. The van der Waals surface area contributed by atoms with Crippen molar-refractivity contribution in [3.63, 3.8) is 0 Å². The van der Waals surface area contributed by atoms with Gasteiger partial charge in [-0.2, -0.15) is 0 Å². The van der Waals surface area contributed by atoms with E-state index in [0.29, 0.717) is 32.5 Å². The fourth-order valence-electron chi connectivity index (χ4n) is 3.60. The van der Waals surface area contributed by atoms with E-state index in [9.17, 15) is 23.3 Å². The van der Waals surface area contributed by atoms with Crippen LogP contribution in [0.2, 0.25) is 0 Å². The average molecular weight is 479 g/mol. The van der Waals surface area contributed by atoms with E-state index < -0.39 is 14.8 Å². The molecule has 1 aromatic heterocycles. The third kappa shape index (κ3) is 5.33.